The predicted molar refractivity (Wildman–Crippen MR) is 39.8 cm³/mol. The summed E-state index contributed by atoms with van der Waals surface area (Å²) in [6.07, 6.45) is 3.53. The second kappa shape index (κ2) is 2.18. The van der Waals surface area contributed by atoms with Gasteiger partial charge >= 0.3 is 0 Å². The minimum Gasteiger partial charge on any atom is -0.383 e. The summed E-state index contributed by atoms with van der Waals surface area (Å²) >= 11 is 0. The third kappa shape index (κ3) is 0.961. The largest absolute Gasteiger partial charge is 0.383 e. The highest BCUT2D eigenvalue weighted by Crippen LogP contribution is 2.14. The molecule has 1 aliphatic heterocycles. The highest BCUT2D eigenvalue weighted by Gasteiger charge is 2.25. The molecule has 58 valence electrons. The van der Waals surface area contributed by atoms with Gasteiger partial charge in [-0.25, -0.2) is 4.99 Å². The molecule has 0 aromatic rings. The molecule has 0 saturated heterocycles. The Kier molecular flexibility index (Phi) is 1.30. The Hall–Kier alpha value is -1.13. The van der Waals surface area contributed by atoms with Crippen LogP contribution in [0.5, 0.6) is 0 Å². The maximum absolute atomic E-state index is 9.29. The minimum atomic E-state index is -0.897. The number of nitrogens with zero attached hydrogens (tertiary/aromatic N) is 1. The Bertz CT molecular complexity index is 268. The van der Waals surface area contributed by atoms with E-state index in [1.54, 1.807) is 18.2 Å². The van der Waals surface area contributed by atoms with Gasteiger partial charge in [0.05, 0.1) is 11.4 Å². The van der Waals surface area contributed by atoms with E-state index in [4.69, 9.17) is 5.11 Å². The van der Waals surface area contributed by atoms with E-state index >= 15 is 0 Å². The lowest BCUT2D eigenvalue weighted by Gasteiger charge is -2.10. The van der Waals surface area contributed by atoms with Gasteiger partial charge in [0, 0.05) is 0 Å². The molecule has 0 spiro atoms. The van der Waals surface area contributed by atoms with Gasteiger partial charge in [0.1, 0.15) is 6.10 Å². The zero-order valence-corrected chi connectivity index (χ0v) is 5.73. The van der Waals surface area contributed by atoms with Crippen LogP contribution < -0.4 is 5.32 Å². The smallest absolute Gasteiger partial charge is 0.223 e. The number of hydrogen-bond acceptors (Lipinski definition) is 4. The van der Waals surface area contributed by atoms with E-state index in [0.29, 0.717) is 11.4 Å². The Morgan fingerprint density at radius 3 is 3.00 bits per heavy atom. The summed E-state index contributed by atoms with van der Waals surface area (Å²) in [6.45, 7) is 0. The molecule has 0 bridgehead atoms. The van der Waals surface area contributed by atoms with E-state index in [0.717, 1.165) is 0 Å². The van der Waals surface area contributed by atoms with Crippen LogP contribution in [0.15, 0.2) is 28.9 Å². The molecule has 2 atom stereocenters. The van der Waals surface area contributed by atoms with Gasteiger partial charge in [-0.2, -0.15) is 0 Å². The van der Waals surface area contributed by atoms with E-state index in [1.165, 1.54) is 0 Å². The Morgan fingerprint density at radius 2 is 2.27 bits per heavy atom. The lowest BCUT2D eigenvalue weighted by molar-refractivity contribution is 0.169. The first-order valence-corrected chi connectivity index (χ1v) is 3.36. The molecule has 0 aromatic carbocycles. The summed E-state index contributed by atoms with van der Waals surface area (Å²) in [7, 11) is 0. The molecular weight excluding hydrogens is 144 g/mol. The van der Waals surface area contributed by atoms with Crippen LogP contribution in [0.25, 0.3) is 0 Å². The summed E-state index contributed by atoms with van der Waals surface area (Å²) < 4.78 is 0. The highest BCUT2D eigenvalue weighted by molar-refractivity contribution is 6.06. The van der Waals surface area contributed by atoms with Crippen LogP contribution in [0, 0.1) is 0 Å². The number of aliphatic hydroxyl groups is 2. The van der Waals surface area contributed by atoms with Crippen molar-refractivity contribution in [2.75, 3.05) is 0 Å². The van der Waals surface area contributed by atoms with Crippen LogP contribution in [-0.2, 0) is 0 Å². The van der Waals surface area contributed by atoms with Gasteiger partial charge in [0.25, 0.3) is 0 Å². The average molecular weight is 152 g/mol. The molecular formula is C7H8N2O2. The van der Waals surface area contributed by atoms with Crippen molar-refractivity contribution in [2.24, 2.45) is 4.99 Å². The number of aliphatic imine (C=N–C) groups is 1. The molecule has 4 nitrogen and oxygen atoms in total. The van der Waals surface area contributed by atoms with Crippen LogP contribution in [0.2, 0.25) is 0 Å². The zero-order chi connectivity index (χ0) is 7.84. The van der Waals surface area contributed by atoms with Crippen molar-refractivity contribution in [1.29, 1.82) is 0 Å². The van der Waals surface area contributed by atoms with Crippen LogP contribution in [-0.4, -0.2) is 28.4 Å². The molecule has 2 aliphatic rings. The van der Waals surface area contributed by atoms with Crippen LogP contribution in [0.3, 0.4) is 0 Å². The number of nitrogens with one attached hydrogen (secondary N) is 1. The maximum atomic E-state index is 9.29. The Morgan fingerprint density at radius 1 is 1.45 bits per heavy atom. The molecule has 2 rings (SSSR count). The third-order valence-corrected chi connectivity index (χ3v) is 1.66. The van der Waals surface area contributed by atoms with E-state index < -0.39 is 12.5 Å². The molecule has 11 heavy (non-hydrogen) atoms. The number of aliphatic hydroxyl groups excluding tert-OH is 2. The second-order valence-corrected chi connectivity index (χ2v) is 2.44. The van der Waals surface area contributed by atoms with E-state index in [9.17, 15) is 5.11 Å². The first-order valence-electron chi connectivity index (χ1n) is 3.36. The second-order valence-electron chi connectivity index (χ2n) is 2.44. The molecule has 3 N–H and O–H groups in total. The molecule has 1 aliphatic carbocycles. The molecule has 2 unspecified atom stereocenters. The molecule has 4 heteroatoms. The topological polar surface area (TPSA) is 64.9 Å². The van der Waals surface area contributed by atoms with Crippen molar-refractivity contribution in [3.8, 4) is 0 Å². The lowest BCUT2D eigenvalue weighted by atomic mass is 10.1. The predicted octanol–water partition coefficient (Wildman–Crippen LogP) is -0.879. The number of allylic oxidation sites excluding steroid dienone is 2. The third-order valence-electron chi connectivity index (χ3n) is 1.66. The molecule has 1 heterocycles. The van der Waals surface area contributed by atoms with Crippen molar-refractivity contribution >= 4 is 5.71 Å². The summed E-state index contributed by atoms with van der Waals surface area (Å²) in [4.78, 5) is 3.78. The fraction of sp³-hybridized carbons (Fsp3) is 0.286. The summed E-state index contributed by atoms with van der Waals surface area (Å²) in [5.74, 6) is 0. The van der Waals surface area contributed by atoms with Crippen LogP contribution in [0.1, 0.15) is 0 Å². The van der Waals surface area contributed by atoms with Gasteiger partial charge in [-0.3, -0.25) is 0 Å². The van der Waals surface area contributed by atoms with E-state index in [2.05, 4.69) is 10.3 Å². The van der Waals surface area contributed by atoms with Crippen LogP contribution >= 0.6 is 0 Å². The molecule has 0 fully saturated rings. The monoisotopic (exact) mass is 152 g/mol. The quantitative estimate of drug-likeness (QED) is 0.422. The molecule has 0 radical (unpaired) electrons. The average Bonchev–Trinajstić information content (AvgIpc) is 2.31. The highest BCUT2D eigenvalue weighted by atomic mass is 16.3. The SMILES string of the molecule is OC1N=C2C(=CC=CC2O)N1. The van der Waals surface area contributed by atoms with E-state index in [1.807, 2.05) is 0 Å². The van der Waals surface area contributed by atoms with Crippen molar-refractivity contribution in [3.63, 3.8) is 0 Å². The Labute approximate surface area is 63.6 Å². The number of fused-ring (bicyclic) bond motifs is 1. The number of rotatable bonds is 0. The van der Waals surface area contributed by atoms with Gasteiger partial charge < -0.3 is 15.5 Å². The van der Waals surface area contributed by atoms with Gasteiger partial charge in [-0.15, -0.1) is 0 Å². The van der Waals surface area contributed by atoms with Gasteiger partial charge in [0.2, 0.25) is 6.35 Å². The first-order chi connectivity index (χ1) is 5.27. The molecule has 0 amide bonds. The maximum Gasteiger partial charge on any atom is 0.223 e. The fourth-order valence-corrected chi connectivity index (χ4v) is 1.16. The summed E-state index contributed by atoms with van der Waals surface area (Å²) in [6, 6.07) is 0. The van der Waals surface area contributed by atoms with Crippen molar-refractivity contribution in [3.05, 3.63) is 23.9 Å². The first kappa shape index (κ1) is 6.57. The standard InChI is InChI=1S/C7H8N2O2/c10-5-3-1-2-4-6(5)9-7(11)8-4/h1-3,5,7-8,10-11H. The van der Waals surface area contributed by atoms with Crippen molar-refractivity contribution < 1.29 is 10.2 Å². The molecule has 0 aromatic heterocycles. The van der Waals surface area contributed by atoms with Gasteiger partial charge in [-0.05, 0) is 6.08 Å². The minimum absolute atomic E-state index is 0.514. The molecule has 0 saturated carbocycles. The van der Waals surface area contributed by atoms with Crippen molar-refractivity contribution in [1.82, 2.24) is 5.32 Å². The normalized spacial score (nSPS) is 34.0. The summed E-state index contributed by atoms with van der Waals surface area (Å²) in [5, 5.41) is 21.0. The van der Waals surface area contributed by atoms with Gasteiger partial charge in [0.15, 0.2) is 0 Å². The van der Waals surface area contributed by atoms with Crippen molar-refractivity contribution in [2.45, 2.75) is 12.5 Å². The van der Waals surface area contributed by atoms with Gasteiger partial charge in [-0.1, -0.05) is 12.2 Å². The lowest BCUT2D eigenvalue weighted by Crippen LogP contribution is -2.25. The Balaban J connectivity index is 2.36. The zero-order valence-electron chi connectivity index (χ0n) is 5.73. The van der Waals surface area contributed by atoms with E-state index in [-0.39, 0.29) is 0 Å². The number of hydrogen-bond donors (Lipinski definition) is 3. The fourth-order valence-electron chi connectivity index (χ4n) is 1.16. The van der Waals surface area contributed by atoms with Crippen LogP contribution in [0.4, 0.5) is 0 Å². The summed E-state index contributed by atoms with van der Waals surface area (Å²) in [5.41, 5.74) is 1.22.